The summed E-state index contributed by atoms with van der Waals surface area (Å²) >= 11 is 0. The van der Waals surface area contributed by atoms with Crippen molar-refractivity contribution in [3.8, 4) is 27.9 Å². The third kappa shape index (κ3) is 4.02. The zero-order valence-corrected chi connectivity index (χ0v) is 31.4. The number of hydrogen-bond donors (Lipinski definition) is 0. The Kier molecular flexibility index (Phi) is 6.37. The lowest BCUT2D eigenvalue weighted by Gasteiger charge is -2.36. The summed E-state index contributed by atoms with van der Waals surface area (Å²) in [5.41, 5.74) is 18.3. The van der Waals surface area contributed by atoms with Crippen LogP contribution in [0.15, 0.2) is 211 Å². The Morgan fingerprint density at radius 3 is 1.71 bits per heavy atom. The molecular formula is C55H34N2O. The molecule has 0 saturated heterocycles. The van der Waals surface area contributed by atoms with Crippen LogP contribution in [-0.4, -0.2) is 4.57 Å². The Morgan fingerprint density at radius 2 is 0.948 bits per heavy atom. The zero-order chi connectivity index (χ0) is 38.0. The van der Waals surface area contributed by atoms with Crippen molar-refractivity contribution >= 4 is 60.8 Å². The van der Waals surface area contributed by atoms with E-state index in [0.29, 0.717) is 0 Å². The topological polar surface area (TPSA) is 21.3 Å². The molecule has 0 unspecified atom stereocenters. The second kappa shape index (κ2) is 11.7. The number of para-hydroxylation sites is 3. The highest BCUT2D eigenvalue weighted by Crippen LogP contribution is 2.65. The molecule has 2 aromatic heterocycles. The maximum absolute atomic E-state index is 6.63. The molecule has 0 aliphatic heterocycles. The van der Waals surface area contributed by atoms with E-state index in [1.807, 2.05) is 6.07 Å². The Hall–Kier alpha value is -7.62. The van der Waals surface area contributed by atoms with Crippen LogP contribution in [0.3, 0.4) is 0 Å². The summed E-state index contributed by atoms with van der Waals surface area (Å²) in [7, 11) is 0. The van der Waals surface area contributed by atoms with Gasteiger partial charge in [0.2, 0.25) is 0 Å². The average molecular weight is 739 g/mol. The van der Waals surface area contributed by atoms with E-state index in [1.54, 1.807) is 0 Å². The Morgan fingerprint density at radius 1 is 0.397 bits per heavy atom. The molecular weight excluding hydrogens is 705 g/mol. The highest BCUT2D eigenvalue weighted by atomic mass is 16.3. The number of benzene rings is 9. The van der Waals surface area contributed by atoms with Crippen LogP contribution in [-0.2, 0) is 5.41 Å². The van der Waals surface area contributed by atoms with Crippen molar-refractivity contribution in [1.29, 1.82) is 0 Å². The van der Waals surface area contributed by atoms with Gasteiger partial charge in [-0.2, -0.15) is 0 Å². The van der Waals surface area contributed by atoms with E-state index in [4.69, 9.17) is 4.42 Å². The van der Waals surface area contributed by atoms with E-state index in [2.05, 4.69) is 210 Å². The van der Waals surface area contributed by atoms with Gasteiger partial charge in [0.05, 0.1) is 27.8 Å². The first-order valence-corrected chi connectivity index (χ1v) is 20.0. The monoisotopic (exact) mass is 738 g/mol. The van der Waals surface area contributed by atoms with Crippen molar-refractivity contribution in [1.82, 2.24) is 4.57 Å². The summed E-state index contributed by atoms with van der Waals surface area (Å²) in [4.78, 5) is 2.52. The summed E-state index contributed by atoms with van der Waals surface area (Å²) < 4.78 is 9.04. The van der Waals surface area contributed by atoms with Gasteiger partial charge in [-0.15, -0.1) is 0 Å². The summed E-state index contributed by atoms with van der Waals surface area (Å²) in [6.45, 7) is 0. The van der Waals surface area contributed by atoms with Crippen LogP contribution < -0.4 is 4.90 Å². The lowest BCUT2D eigenvalue weighted by Crippen LogP contribution is -2.28. The minimum atomic E-state index is -0.538. The van der Waals surface area contributed by atoms with Gasteiger partial charge in [0.1, 0.15) is 11.2 Å². The maximum Gasteiger partial charge on any atom is 0.137 e. The van der Waals surface area contributed by atoms with Crippen LogP contribution in [0.1, 0.15) is 22.3 Å². The molecule has 3 heteroatoms. The first kappa shape index (κ1) is 31.6. The number of aromatic nitrogens is 1. The molecule has 0 atom stereocenters. The van der Waals surface area contributed by atoms with Crippen molar-refractivity contribution < 1.29 is 4.42 Å². The molecule has 0 saturated carbocycles. The molecule has 2 heterocycles. The van der Waals surface area contributed by atoms with Crippen molar-refractivity contribution in [2.45, 2.75) is 5.41 Å². The summed E-state index contributed by atoms with van der Waals surface area (Å²) in [5.74, 6) is 0. The smallest absolute Gasteiger partial charge is 0.137 e. The molecule has 2 aliphatic rings. The van der Waals surface area contributed by atoms with Gasteiger partial charge < -0.3 is 13.9 Å². The molecule has 11 aromatic rings. The highest BCUT2D eigenvalue weighted by Gasteiger charge is 2.53. The second-order valence-electron chi connectivity index (χ2n) is 15.6. The van der Waals surface area contributed by atoms with Gasteiger partial charge in [-0.25, -0.2) is 0 Å². The zero-order valence-electron chi connectivity index (χ0n) is 31.4. The minimum absolute atomic E-state index is 0.538. The molecule has 58 heavy (non-hydrogen) atoms. The number of rotatable bonds is 4. The van der Waals surface area contributed by atoms with Gasteiger partial charge in [-0.3, -0.25) is 0 Å². The first-order valence-electron chi connectivity index (χ1n) is 20.0. The number of nitrogens with zero attached hydrogens (tertiary/aromatic N) is 2. The van der Waals surface area contributed by atoms with Crippen LogP contribution >= 0.6 is 0 Å². The lowest BCUT2D eigenvalue weighted by atomic mass is 9.70. The Balaban J connectivity index is 1.19. The van der Waals surface area contributed by atoms with Gasteiger partial charge in [0.15, 0.2) is 0 Å². The fraction of sp³-hybridized carbons (Fsp3) is 0.0182. The summed E-state index contributed by atoms with van der Waals surface area (Å²) in [6, 6.07) is 75.6. The predicted molar refractivity (Wildman–Crippen MR) is 239 cm³/mol. The molecule has 270 valence electrons. The van der Waals surface area contributed by atoms with Gasteiger partial charge in [-0.05, 0) is 93.5 Å². The first-order chi connectivity index (χ1) is 28.8. The third-order valence-electron chi connectivity index (χ3n) is 12.8. The van der Waals surface area contributed by atoms with Crippen molar-refractivity contribution in [3.05, 3.63) is 229 Å². The predicted octanol–water partition coefficient (Wildman–Crippen LogP) is 14.5. The Labute approximate surface area is 335 Å². The quantitative estimate of drug-likeness (QED) is 0.179. The van der Waals surface area contributed by atoms with Crippen LogP contribution in [0.25, 0.3) is 71.7 Å². The third-order valence-corrected chi connectivity index (χ3v) is 12.8. The molecule has 0 N–H and O–H groups in total. The number of furan rings is 1. The number of anilines is 3. The van der Waals surface area contributed by atoms with Crippen molar-refractivity contribution in [3.63, 3.8) is 0 Å². The van der Waals surface area contributed by atoms with E-state index in [-0.39, 0.29) is 0 Å². The van der Waals surface area contributed by atoms with Gasteiger partial charge in [0.25, 0.3) is 0 Å². The fourth-order valence-corrected chi connectivity index (χ4v) is 10.6. The lowest BCUT2D eigenvalue weighted by molar-refractivity contribution is 0.669. The van der Waals surface area contributed by atoms with E-state index < -0.39 is 5.41 Å². The molecule has 0 radical (unpaired) electrons. The SMILES string of the molecule is c1ccc(-n2c3ccccc3c3c(N(c4ccc5c(c4)oc4ccccc45)c4cccc5c4C4(c6ccccc6-c6ccccc64)c4ccccc4-5)cccc32)cc1. The van der Waals surface area contributed by atoms with E-state index in [9.17, 15) is 0 Å². The molecule has 2 aliphatic carbocycles. The van der Waals surface area contributed by atoms with E-state index in [1.165, 1.54) is 60.8 Å². The van der Waals surface area contributed by atoms with Gasteiger partial charge >= 0.3 is 0 Å². The minimum Gasteiger partial charge on any atom is -0.456 e. The largest absolute Gasteiger partial charge is 0.456 e. The number of hydrogen-bond acceptors (Lipinski definition) is 2. The molecule has 1 spiro atoms. The molecule has 13 rings (SSSR count). The molecule has 0 fully saturated rings. The molecule has 9 aromatic carbocycles. The van der Waals surface area contributed by atoms with Crippen molar-refractivity contribution in [2.24, 2.45) is 0 Å². The fourth-order valence-electron chi connectivity index (χ4n) is 10.6. The maximum atomic E-state index is 6.63. The van der Waals surface area contributed by atoms with E-state index >= 15 is 0 Å². The van der Waals surface area contributed by atoms with Crippen molar-refractivity contribution in [2.75, 3.05) is 4.90 Å². The summed E-state index contributed by atoms with van der Waals surface area (Å²) in [5, 5.41) is 4.63. The molecule has 0 bridgehead atoms. The molecule has 3 nitrogen and oxygen atoms in total. The summed E-state index contributed by atoms with van der Waals surface area (Å²) in [6.07, 6.45) is 0. The van der Waals surface area contributed by atoms with E-state index in [0.717, 1.165) is 50.2 Å². The second-order valence-corrected chi connectivity index (χ2v) is 15.6. The van der Waals surface area contributed by atoms with Crippen LogP contribution in [0, 0.1) is 0 Å². The molecule has 0 amide bonds. The number of fused-ring (bicyclic) bond motifs is 16. The average Bonchev–Trinajstić information content (AvgIpc) is 4.01. The van der Waals surface area contributed by atoms with Gasteiger partial charge in [0, 0.05) is 44.5 Å². The highest BCUT2D eigenvalue weighted by molar-refractivity contribution is 6.17. The Bertz CT molecular complexity index is 3420. The normalized spacial score (nSPS) is 13.3. The van der Waals surface area contributed by atoms with Crippen LogP contribution in [0.4, 0.5) is 17.1 Å². The standard InChI is InChI=1S/C55H34N2O/c1-2-16-35(17-3-1)56-47-27-12-7-22-43(47)53-48(56)28-15-29-49(53)57(36-32-33-41-40-21-8-13-31-51(40)58-52(41)34-36)50-30-14-23-42-39-20-6-11-26-46(39)55(54(42)50)44-24-9-4-18-37(44)38-19-5-10-25-45(38)55/h1-34H. The van der Waals surface area contributed by atoms with Crippen LogP contribution in [0.2, 0.25) is 0 Å². The van der Waals surface area contributed by atoms with Gasteiger partial charge in [-0.1, -0.05) is 146 Å². The van der Waals surface area contributed by atoms with Crippen LogP contribution in [0.5, 0.6) is 0 Å².